The van der Waals surface area contributed by atoms with Gasteiger partial charge in [0.2, 0.25) is 0 Å². The molecule has 0 saturated heterocycles. The second-order valence-corrected chi connectivity index (χ2v) is 8.94. The topological polar surface area (TPSA) is 67.8 Å². The summed E-state index contributed by atoms with van der Waals surface area (Å²) in [6, 6.07) is 13.2. The Kier molecular flexibility index (Phi) is 8.50. The van der Waals surface area contributed by atoms with E-state index in [0.717, 1.165) is 24.8 Å². The zero-order valence-electron chi connectivity index (χ0n) is 17.7. The molecule has 2 aromatic carbocycles. The van der Waals surface area contributed by atoms with Crippen molar-refractivity contribution in [2.45, 2.75) is 45.5 Å². The van der Waals surface area contributed by atoms with Gasteiger partial charge in [0.05, 0.1) is 5.69 Å². The minimum absolute atomic E-state index is 0.197. The van der Waals surface area contributed by atoms with Crippen molar-refractivity contribution in [1.82, 2.24) is 0 Å². The molecule has 0 fully saturated rings. The molecule has 5 nitrogen and oxygen atoms in total. The Morgan fingerprint density at radius 3 is 2.39 bits per heavy atom. The van der Waals surface area contributed by atoms with Gasteiger partial charge in [0, 0.05) is 11.1 Å². The SMILES string of the molecule is CCCC(CC)CO/N=C(\c1ccccc1)c1cc(C)ccc1NS(=O)(=O)C(F)(F)F. The highest BCUT2D eigenvalue weighted by molar-refractivity contribution is 7.93. The Labute approximate surface area is 181 Å². The fraction of sp³-hybridized carbons (Fsp3) is 0.409. The van der Waals surface area contributed by atoms with Crippen LogP contribution < -0.4 is 4.72 Å². The van der Waals surface area contributed by atoms with Gasteiger partial charge >= 0.3 is 15.5 Å². The van der Waals surface area contributed by atoms with Gasteiger partial charge < -0.3 is 4.84 Å². The van der Waals surface area contributed by atoms with Crippen LogP contribution in [0.3, 0.4) is 0 Å². The Balaban J connectivity index is 2.51. The first kappa shape index (κ1) is 24.7. The fourth-order valence-electron chi connectivity index (χ4n) is 3.02. The lowest BCUT2D eigenvalue weighted by Gasteiger charge is -2.17. The Hall–Kier alpha value is -2.55. The molecule has 0 aliphatic heterocycles. The van der Waals surface area contributed by atoms with Crippen molar-refractivity contribution in [3.05, 3.63) is 65.2 Å². The van der Waals surface area contributed by atoms with Crippen LogP contribution in [0, 0.1) is 12.8 Å². The molecule has 0 bridgehead atoms. The Morgan fingerprint density at radius 1 is 1.13 bits per heavy atom. The molecule has 0 spiro atoms. The molecule has 0 aliphatic rings. The molecule has 1 N–H and O–H groups in total. The first-order valence-electron chi connectivity index (χ1n) is 10.0. The minimum Gasteiger partial charge on any atom is -0.395 e. The van der Waals surface area contributed by atoms with Crippen LogP contribution in [0.4, 0.5) is 18.9 Å². The predicted octanol–water partition coefficient (Wildman–Crippen LogP) is 5.85. The molecule has 2 rings (SSSR count). The molecule has 0 aromatic heterocycles. The maximum Gasteiger partial charge on any atom is 0.516 e. The van der Waals surface area contributed by atoms with Crippen molar-refractivity contribution in [2.75, 3.05) is 11.3 Å². The van der Waals surface area contributed by atoms with Crippen LogP contribution in [0.25, 0.3) is 0 Å². The lowest BCUT2D eigenvalue weighted by atomic mass is 9.99. The number of anilines is 1. The average Bonchev–Trinajstić information content (AvgIpc) is 2.71. The van der Waals surface area contributed by atoms with Crippen molar-refractivity contribution in [2.24, 2.45) is 11.1 Å². The smallest absolute Gasteiger partial charge is 0.395 e. The number of nitrogens with zero attached hydrogens (tertiary/aromatic N) is 1. The van der Waals surface area contributed by atoms with Crippen molar-refractivity contribution in [3.63, 3.8) is 0 Å². The molecular formula is C22H27F3N2O3S. The van der Waals surface area contributed by atoms with Gasteiger partial charge in [-0.2, -0.15) is 21.6 Å². The van der Waals surface area contributed by atoms with Crippen LogP contribution in [-0.2, 0) is 14.9 Å². The summed E-state index contributed by atoms with van der Waals surface area (Å²) in [6.07, 6.45) is 2.87. The number of halogens is 3. The van der Waals surface area contributed by atoms with Crippen molar-refractivity contribution < 1.29 is 26.4 Å². The number of hydrogen-bond acceptors (Lipinski definition) is 4. The summed E-state index contributed by atoms with van der Waals surface area (Å²) in [5, 5.41) is 4.23. The van der Waals surface area contributed by atoms with Crippen LogP contribution in [0.2, 0.25) is 0 Å². The van der Waals surface area contributed by atoms with E-state index in [-0.39, 0.29) is 17.0 Å². The maximum atomic E-state index is 13.0. The summed E-state index contributed by atoms with van der Waals surface area (Å²) in [5.74, 6) is 0.298. The largest absolute Gasteiger partial charge is 0.516 e. The van der Waals surface area contributed by atoms with E-state index in [1.807, 2.05) is 0 Å². The monoisotopic (exact) mass is 456 g/mol. The standard InChI is InChI=1S/C22H27F3N2O3S/c1-4-9-17(5-2)15-30-26-21(18-10-7-6-8-11-18)19-14-16(3)12-13-20(19)27-31(28,29)22(23,24)25/h6-8,10-14,17,27H,4-5,9,15H2,1-3H3/b26-21+. The van der Waals surface area contributed by atoms with Crippen molar-refractivity contribution in [1.29, 1.82) is 0 Å². The molecule has 0 amide bonds. The highest BCUT2D eigenvalue weighted by atomic mass is 32.2. The van der Waals surface area contributed by atoms with Crippen molar-refractivity contribution in [3.8, 4) is 0 Å². The summed E-state index contributed by atoms with van der Waals surface area (Å²) in [5.41, 5.74) is -3.91. The number of hydrogen-bond donors (Lipinski definition) is 1. The second kappa shape index (κ2) is 10.7. The normalized spacial score (nSPS) is 13.7. The van der Waals surface area contributed by atoms with E-state index in [0.29, 0.717) is 18.1 Å². The number of nitrogens with one attached hydrogen (secondary N) is 1. The predicted molar refractivity (Wildman–Crippen MR) is 116 cm³/mol. The van der Waals surface area contributed by atoms with Gasteiger partial charge in [-0.15, -0.1) is 0 Å². The molecule has 1 unspecified atom stereocenters. The summed E-state index contributed by atoms with van der Waals surface area (Å²) < 4.78 is 64.0. The van der Waals surface area contributed by atoms with Gasteiger partial charge in [0.1, 0.15) is 12.3 Å². The van der Waals surface area contributed by atoms with Crippen LogP contribution in [0.1, 0.15) is 49.8 Å². The molecule has 9 heteroatoms. The van der Waals surface area contributed by atoms with Gasteiger partial charge in [-0.3, -0.25) is 4.72 Å². The lowest BCUT2D eigenvalue weighted by Crippen LogP contribution is -2.30. The summed E-state index contributed by atoms with van der Waals surface area (Å²) >= 11 is 0. The van der Waals surface area contributed by atoms with Crippen LogP contribution >= 0.6 is 0 Å². The van der Waals surface area contributed by atoms with E-state index in [4.69, 9.17) is 4.84 Å². The molecular weight excluding hydrogens is 429 g/mol. The number of aryl methyl sites for hydroxylation is 1. The third kappa shape index (κ3) is 6.72. The third-order valence-corrected chi connectivity index (χ3v) is 5.86. The van der Waals surface area contributed by atoms with E-state index in [1.54, 1.807) is 48.0 Å². The van der Waals surface area contributed by atoms with Gasteiger partial charge in [0.25, 0.3) is 0 Å². The first-order chi connectivity index (χ1) is 14.6. The molecule has 170 valence electrons. The van der Waals surface area contributed by atoms with Crippen LogP contribution in [0.15, 0.2) is 53.7 Å². The Morgan fingerprint density at radius 2 is 1.81 bits per heavy atom. The number of benzene rings is 2. The molecule has 1 atom stereocenters. The average molecular weight is 457 g/mol. The van der Waals surface area contributed by atoms with Gasteiger partial charge in [-0.25, -0.2) is 0 Å². The second-order valence-electron chi connectivity index (χ2n) is 7.26. The quantitative estimate of drug-likeness (QED) is 0.360. The molecule has 31 heavy (non-hydrogen) atoms. The van der Waals surface area contributed by atoms with E-state index in [1.165, 1.54) is 12.1 Å². The van der Waals surface area contributed by atoms with Crippen LogP contribution in [-0.4, -0.2) is 26.2 Å². The highest BCUT2D eigenvalue weighted by Crippen LogP contribution is 2.29. The van der Waals surface area contributed by atoms with E-state index in [9.17, 15) is 21.6 Å². The zero-order valence-corrected chi connectivity index (χ0v) is 18.6. The zero-order chi connectivity index (χ0) is 23.1. The summed E-state index contributed by atoms with van der Waals surface area (Å²) in [7, 11) is -5.59. The van der Waals surface area contributed by atoms with Gasteiger partial charge in [-0.05, 0) is 37.8 Å². The van der Waals surface area contributed by atoms with Gasteiger partial charge in [-0.1, -0.05) is 67.4 Å². The fourth-order valence-corrected chi connectivity index (χ4v) is 3.60. The molecule has 0 aliphatic carbocycles. The van der Waals surface area contributed by atoms with Crippen LogP contribution in [0.5, 0.6) is 0 Å². The third-order valence-electron chi connectivity index (χ3n) is 4.77. The summed E-state index contributed by atoms with van der Waals surface area (Å²) in [4.78, 5) is 5.59. The minimum atomic E-state index is -5.59. The molecule has 0 saturated carbocycles. The van der Waals surface area contributed by atoms with E-state index >= 15 is 0 Å². The number of oxime groups is 1. The van der Waals surface area contributed by atoms with E-state index < -0.39 is 15.5 Å². The summed E-state index contributed by atoms with van der Waals surface area (Å²) in [6.45, 7) is 6.24. The number of alkyl halides is 3. The molecule has 0 heterocycles. The number of rotatable bonds is 10. The van der Waals surface area contributed by atoms with E-state index in [2.05, 4.69) is 19.0 Å². The number of sulfonamides is 1. The molecule has 0 radical (unpaired) electrons. The lowest BCUT2D eigenvalue weighted by molar-refractivity contribution is -0.0429. The first-order valence-corrected chi connectivity index (χ1v) is 11.5. The highest BCUT2D eigenvalue weighted by Gasteiger charge is 2.46. The van der Waals surface area contributed by atoms with Gasteiger partial charge in [0.15, 0.2) is 0 Å². The van der Waals surface area contributed by atoms with Crippen molar-refractivity contribution >= 4 is 21.4 Å². The Bertz CT molecular complexity index is 991. The maximum absolute atomic E-state index is 13.0. The molecule has 2 aromatic rings.